The van der Waals surface area contributed by atoms with Gasteiger partial charge in [0.15, 0.2) is 5.96 Å². The fourth-order valence-corrected chi connectivity index (χ4v) is 4.54. The molecule has 0 heterocycles. The number of sulfonamides is 1. The van der Waals surface area contributed by atoms with Crippen LogP contribution in [-0.2, 0) is 27.7 Å². The van der Waals surface area contributed by atoms with Gasteiger partial charge in [0.25, 0.3) is 0 Å². The number of rotatable bonds is 9. The Bertz CT molecular complexity index is 937. The molecule has 2 aromatic rings. The van der Waals surface area contributed by atoms with Crippen molar-refractivity contribution in [3.05, 3.63) is 71.3 Å². The van der Waals surface area contributed by atoms with Crippen molar-refractivity contribution >= 4 is 16.0 Å². The second-order valence-corrected chi connectivity index (χ2v) is 9.75. The number of nitrogens with one attached hydrogen (secondary N) is 3. The topological polar surface area (TPSA) is 82.6 Å². The molecule has 1 aliphatic carbocycles. The van der Waals surface area contributed by atoms with Crippen LogP contribution in [0, 0.1) is 0 Å². The van der Waals surface area contributed by atoms with Crippen LogP contribution in [0.2, 0.25) is 0 Å². The number of hydrogen-bond acceptors (Lipinski definition) is 3. The molecule has 0 aromatic heterocycles. The van der Waals surface area contributed by atoms with Crippen LogP contribution in [0.4, 0.5) is 0 Å². The summed E-state index contributed by atoms with van der Waals surface area (Å²) in [7, 11) is -1.83. The predicted octanol–water partition coefficient (Wildman–Crippen LogP) is 2.91. The van der Waals surface area contributed by atoms with Crippen LogP contribution in [-0.4, -0.2) is 34.5 Å². The minimum atomic E-state index is -3.26. The summed E-state index contributed by atoms with van der Waals surface area (Å²) in [5.74, 6) is 0.792. The van der Waals surface area contributed by atoms with Crippen LogP contribution in [0.25, 0.3) is 0 Å². The van der Waals surface area contributed by atoms with Crippen molar-refractivity contribution in [1.29, 1.82) is 0 Å². The Hall–Kier alpha value is -2.38. The number of benzene rings is 2. The minimum Gasteiger partial charge on any atom is -0.357 e. The summed E-state index contributed by atoms with van der Waals surface area (Å²) < 4.78 is 25.7. The summed E-state index contributed by atoms with van der Waals surface area (Å²) in [6, 6.07) is 18.3. The molecule has 0 bridgehead atoms. The van der Waals surface area contributed by atoms with Gasteiger partial charge in [-0.3, -0.25) is 0 Å². The zero-order valence-corrected chi connectivity index (χ0v) is 18.6. The summed E-state index contributed by atoms with van der Waals surface area (Å²) in [4.78, 5) is 4.72. The standard InChI is InChI=1S/C23H32N4O2S/c1-3-25-22(27-18-23(14-7-15-23)21-8-5-4-6-9-21)26-16-19-10-12-20(13-11-19)17-30(28,29)24-2/h4-6,8-13,24H,3,7,14-18H2,1-2H3,(H2,25,26,27). The molecule has 2 aromatic carbocycles. The van der Waals surface area contributed by atoms with Crippen molar-refractivity contribution in [3.63, 3.8) is 0 Å². The average Bonchev–Trinajstić information content (AvgIpc) is 2.73. The minimum absolute atomic E-state index is 0.0151. The zero-order chi connectivity index (χ0) is 21.5. The van der Waals surface area contributed by atoms with Gasteiger partial charge in [-0.2, -0.15) is 0 Å². The first-order chi connectivity index (χ1) is 14.5. The molecule has 30 heavy (non-hydrogen) atoms. The van der Waals surface area contributed by atoms with E-state index in [4.69, 9.17) is 4.99 Å². The second-order valence-electron chi connectivity index (χ2n) is 7.83. The summed E-state index contributed by atoms with van der Waals surface area (Å²) in [6.07, 6.45) is 3.65. The van der Waals surface area contributed by atoms with Gasteiger partial charge in [0, 0.05) is 18.5 Å². The molecular weight excluding hydrogens is 396 g/mol. The molecule has 3 N–H and O–H groups in total. The highest BCUT2D eigenvalue weighted by Gasteiger charge is 2.38. The number of guanidine groups is 1. The Kier molecular flexibility index (Phi) is 7.50. The maximum Gasteiger partial charge on any atom is 0.215 e. The van der Waals surface area contributed by atoms with E-state index in [2.05, 4.69) is 52.6 Å². The first kappa shape index (κ1) is 22.3. The van der Waals surface area contributed by atoms with Crippen LogP contribution in [0.15, 0.2) is 59.6 Å². The van der Waals surface area contributed by atoms with E-state index in [1.54, 1.807) is 0 Å². The highest BCUT2D eigenvalue weighted by atomic mass is 32.2. The predicted molar refractivity (Wildman–Crippen MR) is 123 cm³/mol. The molecule has 0 atom stereocenters. The SMILES string of the molecule is CCNC(=NCc1ccc(CS(=O)(=O)NC)cc1)NCC1(c2ccccc2)CCC1. The maximum absolute atomic E-state index is 11.7. The third-order valence-electron chi connectivity index (χ3n) is 5.75. The van der Waals surface area contributed by atoms with Gasteiger partial charge in [-0.15, -0.1) is 0 Å². The summed E-state index contributed by atoms with van der Waals surface area (Å²) in [5, 5.41) is 6.86. The third kappa shape index (κ3) is 5.83. The van der Waals surface area contributed by atoms with Crippen LogP contribution in [0.1, 0.15) is 42.9 Å². The van der Waals surface area contributed by atoms with E-state index in [0.717, 1.165) is 30.2 Å². The molecule has 0 amide bonds. The molecule has 162 valence electrons. The molecule has 0 saturated heterocycles. The lowest BCUT2D eigenvalue weighted by molar-refractivity contribution is 0.244. The summed E-state index contributed by atoms with van der Waals surface area (Å²) in [5.41, 5.74) is 3.39. The van der Waals surface area contributed by atoms with E-state index in [0.29, 0.717) is 6.54 Å². The monoisotopic (exact) mass is 428 g/mol. The fraction of sp³-hybridized carbons (Fsp3) is 0.435. The largest absolute Gasteiger partial charge is 0.357 e. The Morgan fingerprint density at radius 1 is 1.00 bits per heavy atom. The van der Waals surface area contributed by atoms with Crippen molar-refractivity contribution in [2.24, 2.45) is 4.99 Å². The molecule has 0 radical (unpaired) electrons. The van der Waals surface area contributed by atoms with Gasteiger partial charge >= 0.3 is 0 Å². The van der Waals surface area contributed by atoms with Crippen molar-refractivity contribution in [3.8, 4) is 0 Å². The highest BCUT2D eigenvalue weighted by Crippen LogP contribution is 2.43. The molecule has 7 heteroatoms. The normalized spacial score (nSPS) is 16.0. The van der Waals surface area contributed by atoms with Gasteiger partial charge in [0.1, 0.15) is 0 Å². The second kappa shape index (κ2) is 10.1. The lowest BCUT2D eigenvalue weighted by Crippen LogP contribution is -2.48. The van der Waals surface area contributed by atoms with Crippen molar-refractivity contribution in [2.75, 3.05) is 20.1 Å². The van der Waals surface area contributed by atoms with Crippen molar-refractivity contribution in [2.45, 2.75) is 43.9 Å². The molecule has 1 aliphatic rings. The molecule has 3 rings (SSSR count). The van der Waals surface area contributed by atoms with Gasteiger partial charge in [-0.05, 0) is 43.5 Å². The van der Waals surface area contributed by atoms with Crippen LogP contribution in [0.3, 0.4) is 0 Å². The summed E-state index contributed by atoms with van der Waals surface area (Å²) in [6.45, 7) is 4.26. The molecule has 0 spiro atoms. The van der Waals surface area contributed by atoms with Crippen LogP contribution >= 0.6 is 0 Å². The molecule has 1 saturated carbocycles. The molecular formula is C23H32N4O2S. The van der Waals surface area contributed by atoms with E-state index in [1.165, 1.54) is 31.9 Å². The first-order valence-corrected chi connectivity index (χ1v) is 12.2. The van der Waals surface area contributed by atoms with Gasteiger partial charge in [0.2, 0.25) is 10.0 Å². The quantitative estimate of drug-likeness (QED) is 0.424. The fourth-order valence-electron chi connectivity index (χ4n) is 3.76. The Labute approximate surface area is 180 Å². The highest BCUT2D eigenvalue weighted by molar-refractivity contribution is 7.88. The van der Waals surface area contributed by atoms with Gasteiger partial charge in [0.05, 0.1) is 12.3 Å². The van der Waals surface area contributed by atoms with Gasteiger partial charge in [-0.25, -0.2) is 18.1 Å². The molecule has 0 aliphatic heterocycles. The Morgan fingerprint density at radius 3 is 2.23 bits per heavy atom. The van der Waals surface area contributed by atoms with E-state index in [9.17, 15) is 8.42 Å². The van der Waals surface area contributed by atoms with E-state index in [-0.39, 0.29) is 11.2 Å². The van der Waals surface area contributed by atoms with E-state index < -0.39 is 10.0 Å². The Balaban J connectivity index is 1.62. The van der Waals surface area contributed by atoms with E-state index >= 15 is 0 Å². The molecule has 6 nitrogen and oxygen atoms in total. The average molecular weight is 429 g/mol. The number of hydrogen-bond donors (Lipinski definition) is 3. The number of aliphatic imine (C=N–C) groups is 1. The maximum atomic E-state index is 11.7. The smallest absolute Gasteiger partial charge is 0.215 e. The molecule has 0 unspecified atom stereocenters. The van der Waals surface area contributed by atoms with Crippen molar-refractivity contribution < 1.29 is 8.42 Å². The number of nitrogens with zero attached hydrogens (tertiary/aromatic N) is 1. The molecule has 1 fully saturated rings. The summed E-state index contributed by atoms with van der Waals surface area (Å²) >= 11 is 0. The van der Waals surface area contributed by atoms with Gasteiger partial charge in [-0.1, -0.05) is 61.0 Å². The van der Waals surface area contributed by atoms with Gasteiger partial charge < -0.3 is 10.6 Å². The zero-order valence-electron chi connectivity index (χ0n) is 17.8. The first-order valence-electron chi connectivity index (χ1n) is 10.5. The lowest BCUT2D eigenvalue weighted by atomic mass is 9.64. The van der Waals surface area contributed by atoms with Crippen LogP contribution < -0.4 is 15.4 Å². The van der Waals surface area contributed by atoms with E-state index in [1.807, 2.05) is 24.3 Å². The Morgan fingerprint density at radius 2 is 1.67 bits per heavy atom. The van der Waals surface area contributed by atoms with Crippen molar-refractivity contribution in [1.82, 2.24) is 15.4 Å². The lowest BCUT2D eigenvalue weighted by Gasteiger charge is -2.43. The third-order valence-corrected chi connectivity index (χ3v) is 7.08. The van der Waals surface area contributed by atoms with Crippen LogP contribution in [0.5, 0.6) is 0 Å².